The van der Waals surface area contributed by atoms with Gasteiger partial charge in [0.05, 0.1) is 11.3 Å². The van der Waals surface area contributed by atoms with Crippen molar-refractivity contribution in [2.45, 2.75) is 12.8 Å². The number of halogens is 1. The van der Waals surface area contributed by atoms with Crippen molar-refractivity contribution >= 4 is 39.1 Å². The Kier molecular flexibility index (Phi) is 5.35. The zero-order valence-electron chi connectivity index (χ0n) is 13.4. The number of nitrogens with zero attached hydrogens (tertiary/aromatic N) is 1. The lowest BCUT2D eigenvalue weighted by Crippen LogP contribution is -2.13. The van der Waals surface area contributed by atoms with Gasteiger partial charge in [-0.3, -0.25) is 4.79 Å². The lowest BCUT2D eigenvalue weighted by molar-refractivity contribution is 0.0455. The number of fused-ring (bicyclic) bond motifs is 1. The summed E-state index contributed by atoms with van der Waals surface area (Å²) in [7, 11) is 0. The molecule has 3 rings (SSSR count). The van der Waals surface area contributed by atoms with Gasteiger partial charge in [-0.15, -0.1) is 22.9 Å². The van der Waals surface area contributed by atoms with Crippen molar-refractivity contribution < 1.29 is 14.3 Å². The van der Waals surface area contributed by atoms with Gasteiger partial charge in [0.25, 0.3) is 5.56 Å². The zero-order chi connectivity index (χ0) is 17.8. The van der Waals surface area contributed by atoms with Crippen LogP contribution in [0.3, 0.4) is 0 Å². The second-order valence-corrected chi connectivity index (χ2v) is 6.45. The minimum absolute atomic E-state index is 0.0960. The summed E-state index contributed by atoms with van der Waals surface area (Å²) in [4.78, 5) is 32.1. The van der Waals surface area contributed by atoms with Crippen LogP contribution in [0.25, 0.3) is 10.2 Å². The van der Waals surface area contributed by atoms with E-state index in [0.29, 0.717) is 32.2 Å². The highest BCUT2D eigenvalue weighted by Crippen LogP contribution is 2.27. The molecule has 0 bridgehead atoms. The van der Waals surface area contributed by atoms with Crippen LogP contribution in [0.4, 0.5) is 0 Å². The van der Waals surface area contributed by atoms with E-state index < -0.39 is 5.97 Å². The van der Waals surface area contributed by atoms with Crippen LogP contribution >= 0.6 is 22.9 Å². The van der Waals surface area contributed by atoms with Gasteiger partial charge < -0.3 is 14.5 Å². The number of hydrogen-bond acceptors (Lipinski definition) is 6. The quantitative estimate of drug-likeness (QED) is 0.404. The fraction of sp³-hybridized carbons (Fsp3) is 0.235. The van der Waals surface area contributed by atoms with Crippen molar-refractivity contribution in [3.8, 4) is 5.75 Å². The lowest BCUT2D eigenvalue weighted by atomic mass is 10.2. The van der Waals surface area contributed by atoms with Gasteiger partial charge in [-0.25, -0.2) is 9.78 Å². The highest BCUT2D eigenvalue weighted by Gasteiger charge is 2.20. The SMILES string of the molecule is Cc1c(C(=O)OCCOc2ccccc2)sc2nc(CCl)[nH]c(=O)c12. The van der Waals surface area contributed by atoms with Crippen LogP contribution in [0.5, 0.6) is 5.75 Å². The molecule has 0 saturated carbocycles. The third-order valence-electron chi connectivity index (χ3n) is 3.49. The molecule has 1 aromatic carbocycles. The van der Waals surface area contributed by atoms with Gasteiger partial charge in [-0.05, 0) is 24.6 Å². The van der Waals surface area contributed by atoms with E-state index in [0.717, 1.165) is 11.3 Å². The van der Waals surface area contributed by atoms with E-state index in [9.17, 15) is 9.59 Å². The third kappa shape index (κ3) is 3.83. The van der Waals surface area contributed by atoms with Gasteiger partial charge in [-0.2, -0.15) is 0 Å². The number of hydrogen-bond donors (Lipinski definition) is 1. The Balaban J connectivity index is 1.69. The maximum absolute atomic E-state index is 12.3. The fourth-order valence-electron chi connectivity index (χ4n) is 2.32. The molecule has 0 atom stereocenters. The summed E-state index contributed by atoms with van der Waals surface area (Å²) in [6, 6.07) is 9.26. The van der Waals surface area contributed by atoms with E-state index in [1.807, 2.05) is 30.3 Å². The minimum atomic E-state index is -0.496. The summed E-state index contributed by atoms with van der Waals surface area (Å²) in [5, 5.41) is 0.395. The molecule has 0 aliphatic heterocycles. The average Bonchev–Trinajstić information content (AvgIpc) is 2.96. The van der Waals surface area contributed by atoms with Crippen LogP contribution in [-0.4, -0.2) is 29.2 Å². The van der Waals surface area contributed by atoms with E-state index in [1.165, 1.54) is 0 Å². The molecule has 2 aromatic heterocycles. The van der Waals surface area contributed by atoms with Gasteiger partial charge >= 0.3 is 5.97 Å². The monoisotopic (exact) mass is 378 g/mol. The molecule has 0 saturated heterocycles. The Morgan fingerprint density at radius 2 is 2.04 bits per heavy atom. The first kappa shape index (κ1) is 17.4. The molecular weight excluding hydrogens is 364 g/mol. The van der Waals surface area contributed by atoms with Crippen molar-refractivity contribution in [2.24, 2.45) is 0 Å². The molecule has 2 heterocycles. The van der Waals surface area contributed by atoms with Crippen molar-refractivity contribution in [3.05, 3.63) is 57.0 Å². The summed E-state index contributed by atoms with van der Waals surface area (Å²) >= 11 is 6.83. The number of carbonyl (C=O) groups excluding carboxylic acids is 1. The van der Waals surface area contributed by atoms with E-state index in [-0.39, 0.29) is 24.7 Å². The first-order valence-corrected chi connectivity index (χ1v) is 8.88. The standard InChI is InChI=1S/C17H15ClN2O4S/c1-10-13-15(21)19-12(9-18)20-16(13)25-14(10)17(22)24-8-7-23-11-5-3-2-4-6-11/h2-6H,7-9H2,1H3,(H,19,20,21). The lowest BCUT2D eigenvalue weighted by Gasteiger charge is -2.06. The molecular formula is C17H15ClN2O4S. The first-order valence-electron chi connectivity index (χ1n) is 7.53. The summed E-state index contributed by atoms with van der Waals surface area (Å²) < 4.78 is 10.7. The summed E-state index contributed by atoms with van der Waals surface area (Å²) in [5.41, 5.74) is 0.254. The topological polar surface area (TPSA) is 81.3 Å². The van der Waals surface area contributed by atoms with Crippen molar-refractivity contribution in [2.75, 3.05) is 13.2 Å². The van der Waals surface area contributed by atoms with Gasteiger partial charge in [0.15, 0.2) is 0 Å². The predicted octanol–water partition coefficient (Wildman–Crippen LogP) is 3.27. The van der Waals surface area contributed by atoms with Gasteiger partial charge in [0, 0.05) is 0 Å². The Morgan fingerprint density at radius 3 is 2.76 bits per heavy atom. The largest absolute Gasteiger partial charge is 0.490 e. The number of aryl methyl sites for hydroxylation is 1. The minimum Gasteiger partial charge on any atom is -0.490 e. The zero-order valence-corrected chi connectivity index (χ0v) is 14.9. The van der Waals surface area contributed by atoms with Crippen molar-refractivity contribution in [1.29, 1.82) is 0 Å². The molecule has 8 heteroatoms. The Bertz CT molecular complexity index is 952. The normalized spacial score (nSPS) is 10.8. The molecule has 0 aliphatic carbocycles. The molecule has 0 amide bonds. The number of esters is 1. The molecule has 0 aliphatic rings. The van der Waals surface area contributed by atoms with Gasteiger partial charge in [-0.1, -0.05) is 18.2 Å². The van der Waals surface area contributed by atoms with E-state index >= 15 is 0 Å². The molecule has 25 heavy (non-hydrogen) atoms. The smallest absolute Gasteiger partial charge is 0.348 e. The van der Waals surface area contributed by atoms with Gasteiger partial charge in [0.1, 0.15) is 34.5 Å². The number of aromatic nitrogens is 2. The second-order valence-electron chi connectivity index (χ2n) is 5.18. The van der Waals surface area contributed by atoms with Crippen LogP contribution in [-0.2, 0) is 10.6 Å². The number of ether oxygens (including phenoxy) is 2. The number of H-pyrrole nitrogens is 1. The number of rotatable bonds is 6. The molecule has 0 fully saturated rings. The average molecular weight is 379 g/mol. The van der Waals surface area contributed by atoms with E-state index in [4.69, 9.17) is 21.1 Å². The summed E-state index contributed by atoms with van der Waals surface area (Å²) in [5.74, 6) is 0.681. The van der Waals surface area contributed by atoms with Crippen molar-refractivity contribution in [3.63, 3.8) is 0 Å². The highest BCUT2D eigenvalue weighted by molar-refractivity contribution is 7.20. The fourth-order valence-corrected chi connectivity index (χ4v) is 3.54. The number of nitrogens with one attached hydrogen (secondary N) is 1. The summed E-state index contributed by atoms with van der Waals surface area (Å²) in [6.07, 6.45) is 0. The number of para-hydroxylation sites is 1. The molecule has 0 spiro atoms. The van der Waals surface area contributed by atoms with Gasteiger partial charge in [0.2, 0.25) is 0 Å². The number of aromatic amines is 1. The number of benzene rings is 1. The van der Waals surface area contributed by atoms with Crippen LogP contribution < -0.4 is 10.3 Å². The number of thiophene rings is 1. The van der Waals surface area contributed by atoms with Crippen LogP contribution in [0.1, 0.15) is 21.1 Å². The molecule has 0 radical (unpaired) electrons. The number of carbonyl (C=O) groups is 1. The molecule has 1 N–H and O–H groups in total. The summed E-state index contributed by atoms with van der Waals surface area (Å²) in [6.45, 7) is 2.06. The molecule has 0 unspecified atom stereocenters. The van der Waals surface area contributed by atoms with Crippen LogP contribution in [0, 0.1) is 6.92 Å². The predicted molar refractivity (Wildman–Crippen MR) is 96.8 cm³/mol. The molecule has 3 aromatic rings. The van der Waals surface area contributed by atoms with Crippen molar-refractivity contribution in [1.82, 2.24) is 9.97 Å². The highest BCUT2D eigenvalue weighted by atomic mass is 35.5. The van der Waals surface area contributed by atoms with E-state index in [1.54, 1.807) is 6.92 Å². The Labute approximate surface area is 152 Å². The van der Waals surface area contributed by atoms with Crippen LogP contribution in [0.15, 0.2) is 35.1 Å². The number of alkyl halides is 1. The molecule has 6 nitrogen and oxygen atoms in total. The maximum atomic E-state index is 12.3. The second kappa shape index (κ2) is 7.67. The molecule has 130 valence electrons. The third-order valence-corrected chi connectivity index (χ3v) is 4.91. The Hall–Kier alpha value is -2.38. The van der Waals surface area contributed by atoms with E-state index in [2.05, 4.69) is 9.97 Å². The van der Waals surface area contributed by atoms with Crippen LogP contribution in [0.2, 0.25) is 0 Å². The Morgan fingerprint density at radius 1 is 1.28 bits per heavy atom. The maximum Gasteiger partial charge on any atom is 0.348 e. The first-order chi connectivity index (χ1) is 12.1.